The smallest absolute Gasteiger partial charge is 0.138 e. The summed E-state index contributed by atoms with van der Waals surface area (Å²) in [7, 11) is 0. The highest BCUT2D eigenvalue weighted by Gasteiger charge is 2.25. The predicted octanol–water partition coefficient (Wildman–Crippen LogP) is 6.30. The second kappa shape index (κ2) is 11.5. The molecule has 19 heavy (non-hydrogen) atoms. The number of ketones is 1. The first-order valence-corrected chi connectivity index (χ1v) is 8.58. The average molecular weight is 268 g/mol. The molecule has 0 spiro atoms. The highest BCUT2D eigenvalue weighted by molar-refractivity contribution is 5.83. The van der Waals surface area contributed by atoms with E-state index in [0.717, 1.165) is 25.7 Å². The van der Waals surface area contributed by atoms with E-state index in [4.69, 9.17) is 0 Å². The Hall–Kier alpha value is -0.330. The molecule has 0 saturated heterocycles. The topological polar surface area (TPSA) is 17.1 Å². The third-order valence-electron chi connectivity index (χ3n) is 4.14. The summed E-state index contributed by atoms with van der Waals surface area (Å²) in [5, 5.41) is 0. The molecule has 0 unspecified atom stereocenters. The molecule has 1 nitrogen and oxygen atoms in total. The minimum atomic E-state index is -0.0884. The lowest BCUT2D eigenvalue weighted by Gasteiger charge is -2.22. The van der Waals surface area contributed by atoms with E-state index in [-0.39, 0.29) is 5.41 Å². The van der Waals surface area contributed by atoms with Crippen LogP contribution in [-0.4, -0.2) is 5.78 Å². The maximum absolute atomic E-state index is 12.1. The lowest BCUT2D eigenvalue weighted by Crippen LogP contribution is -2.23. The van der Waals surface area contributed by atoms with Crippen LogP contribution >= 0.6 is 0 Å². The minimum absolute atomic E-state index is 0.0884. The van der Waals surface area contributed by atoms with Crippen LogP contribution < -0.4 is 0 Å². The van der Waals surface area contributed by atoms with Crippen LogP contribution in [0.15, 0.2) is 0 Å². The van der Waals surface area contributed by atoms with Gasteiger partial charge < -0.3 is 0 Å². The molecule has 0 N–H and O–H groups in total. The van der Waals surface area contributed by atoms with Crippen LogP contribution in [0.4, 0.5) is 0 Å². The van der Waals surface area contributed by atoms with Crippen LogP contribution in [0.5, 0.6) is 0 Å². The quantitative estimate of drug-likeness (QED) is 0.358. The number of hydrogen-bond donors (Lipinski definition) is 0. The molecule has 0 aliphatic rings. The minimum Gasteiger partial charge on any atom is -0.299 e. The molecular formula is C18H36O. The van der Waals surface area contributed by atoms with E-state index < -0.39 is 0 Å². The van der Waals surface area contributed by atoms with Crippen molar-refractivity contribution in [1.82, 2.24) is 0 Å². The molecule has 0 aromatic rings. The van der Waals surface area contributed by atoms with Gasteiger partial charge in [0.1, 0.15) is 5.78 Å². The molecule has 0 atom stereocenters. The van der Waals surface area contributed by atoms with Gasteiger partial charge in [0.05, 0.1) is 0 Å². The van der Waals surface area contributed by atoms with Gasteiger partial charge in [-0.2, -0.15) is 0 Å². The fourth-order valence-corrected chi connectivity index (χ4v) is 2.70. The largest absolute Gasteiger partial charge is 0.299 e. The van der Waals surface area contributed by atoms with Crippen molar-refractivity contribution >= 4 is 5.78 Å². The first kappa shape index (κ1) is 18.7. The first-order valence-electron chi connectivity index (χ1n) is 8.58. The number of Topliss-reactive ketones (excluding diaryl/α,β-unsaturated/α-hetero) is 1. The Balaban J connectivity index is 3.41. The Morgan fingerprint density at radius 1 is 0.737 bits per heavy atom. The van der Waals surface area contributed by atoms with E-state index in [0.29, 0.717) is 5.78 Å². The van der Waals surface area contributed by atoms with Crippen LogP contribution in [0.1, 0.15) is 105 Å². The summed E-state index contributed by atoms with van der Waals surface area (Å²) in [5.74, 6) is 0.470. The first-order chi connectivity index (χ1) is 9.04. The van der Waals surface area contributed by atoms with E-state index in [2.05, 4.69) is 27.7 Å². The molecule has 0 radical (unpaired) electrons. The van der Waals surface area contributed by atoms with Crippen molar-refractivity contribution < 1.29 is 4.79 Å². The van der Waals surface area contributed by atoms with Gasteiger partial charge in [0, 0.05) is 11.8 Å². The fraction of sp³-hybridized carbons (Fsp3) is 0.944. The summed E-state index contributed by atoms with van der Waals surface area (Å²) >= 11 is 0. The molecule has 0 aliphatic carbocycles. The number of unbranched alkanes of at least 4 members (excludes halogenated alkanes) is 8. The SMILES string of the molecule is CCCCCCCCCCCC(=O)C(C)(C)CCC. The number of carbonyl (C=O) groups excluding carboxylic acids is 1. The lowest BCUT2D eigenvalue weighted by molar-refractivity contribution is -0.127. The zero-order chi connectivity index (χ0) is 14.6. The maximum Gasteiger partial charge on any atom is 0.138 e. The van der Waals surface area contributed by atoms with Gasteiger partial charge in [-0.15, -0.1) is 0 Å². The molecule has 0 saturated carbocycles. The van der Waals surface area contributed by atoms with Gasteiger partial charge in [0.25, 0.3) is 0 Å². The summed E-state index contributed by atoms with van der Waals surface area (Å²) in [6.07, 6.45) is 14.8. The molecule has 0 aliphatic heterocycles. The second-order valence-electron chi connectivity index (χ2n) is 6.64. The van der Waals surface area contributed by atoms with Gasteiger partial charge in [-0.05, 0) is 12.8 Å². The summed E-state index contributed by atoms with van der Waals surface area (Å²) in [6, 6.07) is 0. The van der Waals surface area contributed by atoms with Crippen molar-refractivity contribution in [2.24, 2.45) is 5.41 Å². The predicted molar refractivity (Wildman–Crippen MR) is 85.5 cm³/mol. The Morgan fingerprint density at radius 2 is 1.21 bits per heavy atom. The highest BCUT2D eigenvalue weighted by atomic mass is 16.1. The fourth-order valence-electron chi connectivity index (χ4n) is 2.70. The number of carbonyl (C=O) groups is 1. The van der Waals surface area contributed by atoms with E-state index in [9.17, 15) is 4.79 Å². The normalized spacial score (nSPS) is 11.8. The molecule has 0 aromatic heterocycles. The van der Waals surface area contributed by atoms with Gasteiger partial charge in [0.15, 0.2) is 0 Å². The van der Waals surface area contributed by atoms with Crippen molar-refractivity contribution in [2.75, 3.05) is 0 Å². The van der Waals surface area contributed by atoms with Gasteiger partial charge in [-0.3, -0.25) is 4.79 Å². The molecule has 0 heterocycles. The third-order valence-corrected chi connectivity index (χ3v) is 4.14. The monoisotopic (exact) mass is 268 g/mol. The molecule has 0 fully saturated rings. The molecule has 0 aromatic carbocycles. The van der Waals surface area contributed by atoms with E-state index in [1.54, 1.807) is 0 Å². The van der Waals surface area contributed by atoms with Crippen LogP contribution in [0.2, 0.25) is 0 Å². The second-order valence-corrected chi connectivity index (χ2v) is 6.64. The van der Waals surface area contributed by atoms with Gasteiger partial charge in [0.2, 0.25) is 0 Å². The van der Waals surface area contributed by atoms with Crippen molar-refractivity contribution in [2.45, 2.75) is 105 Å². The van der Waals surface area contributed by atoms with E-state index in [1.807, 2.05) is 0 Å². The van der Waals surface area contributed by atoms with Crippen LogP contribution in [0.25, 0.3) is 0 Å². The standard InChI is InChI=1S/C18H36O/c1-5-7-8-9-10-11-12-13-14-15-17(19)18(3,4)16-6-2/h5-16H2,1-4H3. The van der Waals surface area contributed by atoms with E-state index in [1.165, 1.54) is 51.4 Å². The Bertz CT molecular complexity index is 218. The summed E-state index contributed by atoms with van der Waals surface area (Å²) in [5.41, 5.74) is -0.0884. The Morgan fingerprint density at radius 3 is 1.68 bits per heavy atom. The average Bonchev–Trinajstić information content (AvgIpc) is 2.36. The molecule has 1 heteroatoms. The molecule has 0 amide bonds. The zero-order valence-electron chi connectivity index (χ0n) is 13.9. The van der Waals surface area contributed by atoms with Gasteiger partial charge >= 0.3 is 0 Å². The van der Waals surface area contributed by atoms with Crippen LogP contribution in [0.3, 0.4) is 0 Å². The summed E-state index contributed by atoms with van der Waals surface area (Å²) in [4.78, 5) is 12.1. The van der Waals surface area contributed by atoms with Gasteiger partial charge in [-0.25, -0.2) is 0 Å². The number of hydrogen-bond acceptors (Lipinski definition) is 1. The van der Waals surface area contributed by atoms with Crippen molar-refractivity contribution in [3.63, 3.8) is 0 Å². The highest BCUT2D eigenvalue weighted by Crippen LogP contribution is 2.26. The zero-order valence-corrected chi connectivity index (χ0v) is 13.9. The van der Waals surface area contributed by atoms with Crippen molar-refractivity contribution in [3.05, 3.63) is 0 Å². The summed E-state index contributed by atoms with van der Waals surface area (Å²) in [6.45, 7) is 8.63. The molecule has 0 bridgehead atoms. The van der Waals surface area contributed by atoms with Gasteiger partial charge in [-0.1, -0.05) is 85.5 Å². The Kier molecular flexibility index (Phi) is 11.3. The van der Waals surface area contributed by atoms with Crippen LogP contribution in [0, 0.1) is 5.41 Å². The van der Waals surface area contributed by atoms with E-state index >= 15 is 0 Å². The maximum atomic E-state index is 12.1. The molecule has 0 rings (SSSR count). The van der Waals surface area contributed by atoms with Crippen molar-refractivity contribution in [1.29, 1.82) is 0 Å². The molecular weight excluding hydrogens is 232 g/mol. The van der Waals surface area contributed by atoms with Crippen LogP contribution in [-0.2, 0) is 4.79 Å². The number of rotatable bonds is 13. The Labute approximate surface area is 121 Å². The molecule has 114 valence electrons. The summed E-state index contributed by atoms with van der Waals surface area (Å²) < 4.78 is 0. The third kappa shape index (κ3) is 10.2. The van der Waals surface area contributed by atoms with Crippen molar-refractivity contribution in [3.8, 4) is 0 Å². The lowest BCUT2D eigenvalue weighted by atomic mass is 9.81.